The normalized spacial score (nSPS) is 31.8. The molecule has 0 amide bonds. The second kappa shape index (κ2) is 8.65. The molecule has 0 spiro atoms. The lowest BCUT2D eigenvalue weighted by Gasteiger charge is -2.38. The fraction of sp³-hybridized carbons (Fsp3) is 0.542. The molecule has 0 unspecified atom stereocenters. The van der Waals surface area contributed by atoms with E-state index in [1.54, 1.807) is 0 Å². The van der Waals surface area contributed by atoms with Gasteiger partial charge in [0.2, 0.25) is 0 Å². The van der Waals surface area contributed by atoms with Crippen molar-refractivity contribution in [3.8, 4) is 0 Å². The van der Waals surface area contributed by atoms with Gasteiger partial charge in [0, 0.05) is 5.92 Å². The molecule has 1 nitrogen and oxygen atoms in total. The fourth-order valence-corrected chi connectivity index (χ4v) is 4.64. The van der Waals surface area contributed by atoms with Crippen molar-refractivity contribution in [1.29, 1.82) is 0 Å². The average molecular weight is 337 g/mol. The lowest BCUT2D eigenvalue weighted by atomic mass is 9.65. The summed E-state index contributed by atoms with van der Waals surface area (Å²) in [6.45, 7) is 2.27. The highest BCUT2D eigenvalue weighted by atomic mass is 16.1. The van der Waals surface area contributed by atoms with Crippen molar-refractivity contribution < 1.29 is 4.79 Å². The summed E-state index contributed by atoms with van der Waals surface area (Å²) >= 11 is 0. The summed E-state index contributed by atoms with van der Waals surface area (Å²) < 4.78 is 0. The van der Waals surface area contributed by atoms with Gasteiger partial charge in [-0.3, -0.25) is 0 Å². The first-order valence-corrected chi connectivity index (χ1v) is 10.2. The van der Waals surface area contributed by atoms with Crippen molar-refractivity contribution in [2.24, 2.45) is 17.3 Å². The van der Waals surface area contributed by atoms with Crippen LogP contribution in [0.5, 0.6) is 0 Å². The van der Waals surface area contributed by atoms with Crippen LogP contribution in [-0.2, 0) is 4.79 Å². The van der Waals surface area contributed by atoms with E-state index in [9.17, 15) is 4.79 Å². The number of carbonyl (C=O) groups is 1. The van der Waals surface area contributed by atoms with Crippen LogP contribution < -0.4 is 0 Å². The smallest absolute Gasteiger partial charge is 0.133 e. The Morgan fingerprint density at radius 1 is 1.00 bits per heavy atom. The SMILES string of the molecule is CCCCCC1CCC(C2(C=O)C=CC(c3ccccc3)C=C2)CC1. The minimum Gasteiger partial charge on any atom is -0.302 e. The van der Waals surface area contributed by atoms with Gasteiger partial charge in [-0.2, -0.15) is 0 Å². The third-order valence-corrected chi connectivity index (χ3v) is 6.34. The number of rotatable bonds is 7. The van der Waals surface area contributed by atoms with Crippen molar-refractivity contribution in [3.05, 3.63) is 60.2 Å². The Morgan fingerprint density at radius 3 is 2.28 bits per heavy atom. The van der Waals surface area contributed by atoms with Crippen LogP contribution in [0.4, 0.5) is 0 Å². The van der Waals surface area contributed by atoms with E-state index in [0.717, 1.165) is 5.92 Å². The summed E-state index contributed by atoms with van der Waals surface area (Å²) in [4.78, 5) is 12.0. The molecular weight excluding hydrogens is 304 g/mol. The van der Waals surface area contributed by atoms with E-state index in [1.807, 2.05) is 0 Å². The third-order valence-electron chi connectivity index (χ3n) is 6.34. The zero-order valence-electron chi connectivity index (χ0n) is 15.6. The van der Waals surface area contributed by atoms with Crippen LogP contribution in [0.3, 0.4) is 0 Å². The van der Waals surface area contributed by atoms with Crippen molar-refractivity contribution in [3.63, 3.8) is 0 Å². The quantitative estimate of drug-likeness (QED) is 0.317. The van der Waals surface area contributed by atoms with Crippen molar-refractivity contribution in [2.45, 2.75) is 64.2 Å². The molecule has 1 saturated carbocycles. The molecule has 0 aliphatic heterocycles. The second-order valence-corrected chi connectivity index (χ2v) is 7.99. The van der Waals surface area contributed by atoms with Gasteiger partial charge in [0.1, 0.15) is 6.29 Å². The molecule has 3 rings (SSSR count). The van der Waals surface area contributed by atoms with Crippen LogP contribution >= 0.6 is 0 Å². The van der Waals surface area contributed by atoms with Crippen LogP contribution in [0.2, 0.25) is 0 Å². The molecule has 2 aliphatic carbocycles. The number of carbonyl (C=O) groups excluding carboxylic acids is 1. The number of benzene rings is 1. The minimum absolute atomic E-state index is 0.305. The van der Waals surface area contributed by atoms with Crippen LogP contribution in [0.25, 0.3) is 0 Å². The largest absolute Gasteiger partial charge is 0.302 e. The van der Waals surface area contributed by atoms with E-state index in [1.165, 1.54) is 63.2 Å². The molecule has 1 fully saturated rings. The van der Waals surface area contributed by atoms with E-state index in [2.05, 4.69) is 61.6 Å². The number of hydrogen-bond acceptors (Lipinski definition) is 1. The minimum atomic E-state index is -0.361. The molecule has 0 saturated heterocycles. The molecule has 0 aromatic heterocycles. The molecule has 1 aromatic rings. The Hall–Kier alpha value is -1.63. The zero-order chi connectivity index (χ0) is 17.5. The van der Waals surface area contributed by atoms with E-state index >= 15 is 0 Å². The lowest BCUT2D eigenvalue weighted by Crippen LogP contribution is -2.33. The Morgan fingerprint density at radius 2 is 1.68 bits per heavy atom. The maximum atomic E-state index is 12.0. The van der Waals surface area contributed by atoms with Gasteiger partial charge in [0.15, 0.2) is 0 Å². The maximum Gasteiger partial charge on any atom is 0.133 e. The van der Waals surface area contributed by atoms with Gasteiger partial charge < -0.3 is 4.79 Å². The fourth-order valence-electron chi connectivity index (χ4n) is 4.64. The predicted octanol–water partition coefficient (Wildman–Crippen LogP) is 6.47. The van der Waals surface area contributed by atoms with E-state index in [-0.39, 0.29) is 5.41 Å². The van der Waals surface area contributed by atoms with Gasteiger partial charge in [-0.1, -0.05) is 100 Å². The highest BCUT2D eigenvalue weighted by molar-refractivity contribution is 5.68. The van der Waals surface area contributed by atoms with Crippen LogP contribution in [0.15, 0.2) is 54.6 Å². The number of allylic oxidation sites excluding steroid dienone is 4. The number of aldehydes is 1. The second-order valence-electron chi connectivity index (χ2n) is 7.99. The van der Waals surface area contributed by atoms with E-state index in [4.69, 9.17) is 0 Å². The van der Waals surface area contributed by atoms with Gasteiger partial charge >= 0.3 is 0 Å². The molecule has 0 radical (unpaired) electrons. The van der Waals surface area contributed by atoms with Gasteiger partial charge in [-0.25, -0.2) is 0 Å². The highest BCUT2D eigenvalue weighted by Crippen LogP contribution is 2.45. The molecule has 0 bridgehead atoms. The highest BCUT2D eigenvalue weighted by Gasteiger charge is 2.38. The maximum absolute atomic E-state index is 12.0. The van der Waals surface area contributed by atoms with Crippen LogP contribution in [0, 0.1) is 17.3 Å². The molecule has 0 atom stereocenters. The number of unbranched alkanes of at least 4 members (excludes halogenated alkanes) is 2. The lowest BCUT2D eigenvalue weighted by molar-refractivity contribution is -0.114. The molecule has 2 aliphatic rings. The van der Waals surface area contributed by atoms with Crippen molar-refractivity contribution >= 4 is 6.29 Å². The molecule has 1 aromatic carbocycles. The van der Waals surface area contributed by atoms with E-state index < -0.39 is 0 Å². The van der Waals surface area contributed by atoms with Gasteiger partial charge in [0.25, 0.3) is 0 Å². The summed E-state index contributed by atoms with van der Waals surface area (Å²) in [6, 6.07) is 10.5. The summed E-state index contributed by atoms with van der Waals surface area (Å²) in [5, 5.41) is 0. The summed E-state index contributed by atoms with van der Waals surface area (Å²) in [6.07, 6.45) is 20.5. The molecule has 1 heteroatoms. The molecular formula is C24H32O. The first kappa shape index (κ1) is 18.2. The topological polar surface area (TPSA) is 17.1 Å². The van der Waals surface area contributed by atoms with E-state index in [0.29, 0.717) is 11.8 Å². The Labute approximate surface area is 153 Å². The van der Waals surface area contributed by atoms with Crippen molar-refractivity contribution in [2.75, 3.05) is 0 Å². The zero-order valence-corrected chi connectivity index (χ0v) is 15.6. The van der Waals surface area contributed by atoms with Gasteiger partial charge in [-0.15, -0.1) is 0 Å². The van der Waals surface area contributed by atoms with Crippen molar-refractivity contribution in [1.82, 2.24) is 0 Å². The first-order valence-electron chi connectivity index (χ1n) is 10.2. The Balaban J connectivity index is 1.60. The predicted molar refractivity (Wildman–Crippen MR) is 106 cm³/mol. The van der Waals surface area contributed by atoms with Gasteiger partial charge in [0.05, 0.1) is 5.41 Å². The standard InChI is InChI=1S/C24H32O/c1-2-3-5-8-20-11-13-23(14-12-20)24(19-25)17-15-22(16-18-24)21-9-6-4-7-10-21/h4,6-7,9-10,15-20,22-23H,2-3,5,8,11-14H2,1H3. The molecule has 134 valence electrons. The molecule has 25 heavy (non-hydrogen) atoms. The van der Waals surface area contributed by atoms with Gasteiger partial charge in [-0.05, 0) is 30.2 Å². The third kappa shape index (κ3) is 4.32. The monoisotopic (exact) mass is 336 g/mol. The van der Waals surface area contributed by atoms with Crippen LogP contribution in [-0.4, -0.2) is 6.29 Å². The number of hydrogen-bond donors (Lipinski definition) is 0. The summed E-state index contributed by atoms with van der Waals surface area (Å²) in [5.41, 5.74) is 0.939. The summed E-state index contributed by atoms with van der Waals surface area (Å²) in [7, 11) is 0. The Kier molecular flexibility index (Phi) is 6.29. The molecule has 0 N–H and O–H groups in total. The summed E-state index contributed by atoms with van der Waals surface area (Å²) in [5.74, 6) is 1.68. The first-order chi connectivity index (χ1) is 12.3. The average Bonchev–Trinajstić information content (AvgIpc) is 2.69. The Bertz CT molecular complexity index is 576. The molecule has 0 heterocycles. The van der Waals surface area contributed by atoms with Crippen LogP contribution in [0.1, 0.15) is 69.8 Å².